The van der Waals surface area contributed by atoms with Crippen molar-refractivity contribution in [3.8, 4) is 11.6 Å². The Kier molecular flexibility index (Phi) is 5.89. The Hall–Kier alpha value is -3.41. The summed E-state index contributed by atoms with van der Waals surface area (Å²) in [6.07, 6.45) is 0.819. The maximum Gasteiger partial charge on any atom is 0.271 e. The molecule has 3 aromatic rings. The van der Waals surface area contributed by atoms with E-state index >= 15 is 0 Å². The highest BCUT2D eigenvalue weighted by atomic mass is 16.5. The van der Waals surface area contributed by atoms with Gasteiger partial charge in [0, 0.05) is 17.8 Å². The van der Waals surface area contributed by atoms with Crippen molar-refractivity contribution < 1.29 is 9.53 Å². The maximum absolute atomic E-state index is 12.2. The fraction of sp³-hybridized carbons (Fsp3) is 0.227. The van der Waals surface area contributed by atoms with E-state index in [2.05, 4.69) is 10.4 Å². The molecule has 0 spiro atoms. The first kappa shape index (κ1) is 19.4. The maximum atomic E-state index is 12.2. The summed E-state index contributed by atoms with van der Waals surface area (Å²) in [6.45, 7) is 5.81. The number of benzene rings is 2. The summed E-state index contributed by atoms with van der Waals surface area (Å²) in [5.74, 6) is -0.0802. The molecule has 0 unspecified atom stereocenters. The zero-order chi connectivity index (χ0) is 20.1. The average molecular weight is 377 g/mol. The van der Waals surface area contributed by atoms with Crippen LogP contribution in [0.15, 0.2) is 59.4 Å². The molecule has 0 aliphatic carbocycles. The number of aryl methyl sites for hydroxylation is 3. The highest BCUT2D eigenvalue weighted by Crippen LogP contribution is 2.16. The number of hydrogen-bond acceptors (Lipinski definition) is 4. The first-order chi connectivity index (χ1) is 13.5. The van der Waals surface area contributed by atoms with E-state index in [1.54, 1.807) is 0 Å². The summed E-state index contributed by atoms with van der Waals surface area (Å²) in [5, 5.41) is 7.07. The molecule has 0 aliphatic heterocycles. The first-order valence-corrected chi connectivity index (χ1v) is 9.16. The van der Waals surface area contributed by atoms with Crippen molar-refractivity contribution in [2.24, 2.45) is 0 Å². The lowest BCUT2D eigenvalue weighted by molar-refractivity contribution is -0.118. The number of hydrogen-bond donors (Lipinski definition) is 1. The van der Waals surface area contributed by atoms with Gasteiger partial charge in [-0.3, -0.25) is 9.59 Å². The third-order valence-electron chi connectivity index (χ3n) is 4.53. The SMILES string of the molecule is CCc1ccccc1NC(=O)COc1ccc(=O)n(-c2ccc(C)c(C)c2)n1. The van der Waals surface area contributed by atoms with Gasteiger partial charge in [-0.25, -0.2) is 0 Å². The lowest BCUT2D eigenvalue weighted by Crippen LogP contribution is -2.24. The fourth-order valence-corrected chi connectivity index (χ4v) is 2.79. The van der Waals surface area contributed by atoms with Crippen LogP contribution in [-0.4, -0.2) is 22.3 Å². The van der Waals surface area contributed by atoms with E-state index in [-0.39, 0.29) is 24.0 Å². The minimum Gasteiger partial charge on any atom is -0.467 e. The number of aromatic nitrogens is 2. The molecule has 144 valence electrons. The van der Waals surface area contributed by atoms with E-state index in [9.17, 15) is 9.59 Å². The Morgan fingerprint density at radius 3 is 2.61 bits per heavy atom. The van der Waals surface area contributed by atoms with Gasteiger partial charge in [-0.1, -0.05) is 31.2 Å². The molecule has 0 radical (unpaired) electrons. The molecule has 6 nitrogen and oxygen atoms in total. The van der Waals surface area contributed by atoms with Crippen LogP contribution in [0.2, 0.25) is 0 Å². The highest BCUT2D eigenvalue weighted by Gasteiger charge is 2.09. The number of ether oxygens (including phenoxy) is 1. The minimum absolute atomic E-state index is 0.198. The van der Waals surface area contributed by atoms with E-state index in [1.165, 1.54) is 16.8 Å². The van der Waals surface area contributed by atoms with Crippen LogP contribution in [0.1, 0.15) is 23.6 Å². The summed E-state index contributed by atoms with van der Waals surface area (Å²) in [6, 6.07) is 16.1. The number of carbonyl (C=O) groups excluding carboxylic acids is 1. The molecular weight excluding hydrogens is 354 g/mol. The van der Waals surface area contributed by atoms with Gasteiger partial charge in [0.05, 0.1) is 5.69 Å². The molecular formula is C22H23N3O3. The smallest absolute Gasteiger partial charge is 0.271 e. The Balaban J connectivity index is 1.72. The van der Waals surface area contributed by atoms with Crippen LogP contribution in [-0.2, 0) is 11.2 Å². The zero-order valence-corrected chi connectivity index (χ0v) is 16.2. The van der Waals surface area contributed by atoms with Gasteiger partial charge in [-0.2, -0.15) is 4.68 Å². The third kappa shape index (κ3) is 4.46. The average Bonchev–Trinajstić information content (AvgIpc) is 2.70. The van der Waals surface area contributed by atoms with Crippen LogP contribution in [0.3, 0.4) is 0 Å². The second kappa shape index (κ2) is 8.52. The predicted molar refractivity (Wildman–Crippen MR) is 109 cm³/mol. The number of carbonyl (C=O) groups is 1. The van der Waals surface area contributed by atoms with Gasteiger partial charge in [0.1, 0.15) is 0 Å². The van der Waals surface area contributed by atoms with Crippen LogP contribution in [0.4, 0.5) is 5.69 Å². The summed E-state index contributed by atoms with van der Waals surface area (Å²) >= 11 is 0. The largest absolute Gasteiger partial charge is 0.467 e. The quantitative estimate of drug-likeness (QED) is 0.714. The summed E-state index contributed by atoms with van der Waals surface area (Å²) in [5.41, 5.74) is 4.40. The molecule has 0 saturated heterocycles. The van der Waals surface area contributed by atoms with Gasteiger partial charge in [0.2, 0.25) is 5.88 Å². The highest BCUT2D eigenvalue weighted by molar-refractivity contribution is 5.92. The van der Waals surface area contributed by atoms with Crippen LogP contribution in [0.5, 0.6) is 5.88 Å². The lowest BCUT2D eigenvalue weighted by Gasteiger charge is -2.11. The lowest BCUT2D eigenvalue weighted by atomic mass is 10.1. The Morgan fingerprint density at radius 2 is 1.86 bits per heavy atom. The summed E-state index contributed by atoms with van der Waals surface area (Å²) in [7, 11) is 0. The molecule has 0 fully saturated rings. The fourth-order valence-electron chi connectivity index (χ4n) is 2.79. The molecule has 0 atom stereocenters. The third-order valence-corrected chi connectivity index (χ3v) is 4.53. The van der Waals surface area contributed by atoms with E-state index in [0.717, 1.165) is 28.8 Å². The van der Waals surface area contributed by atoms with Gasteiger partial charge >= 0.3 is 0 Å². The van der Waals surface area contributed by atoms with Gasteiger partial charge in [0.25, 0.3) is 11.5 Å². The standard InChI is InChI=1S/C22H23N3O3/c1-4-17-7-5-6-8-19(17)23-20(26)14-28-21-11-12-22(27)25(24-21)18-10-9-15(2)16(3)13-18/h5-13H,4,14H2,1-3H3,(H,23,26). The van der Waals surface area contributed by atoms with Crippen molar-refractivity contribution in [1.29, 1.82) is 0 Å². The van der Waals surface area contributed by atoms with Crippen molar-refractivity contribution in [3.05, 3.63) is 81.6 Å². The van der Waals surface area contributed by atoms with Crippen molar-refractivity contribution in [2.45, 2.75) is 27.2 Å². The molecule has 3 rings (SSSR count). The number of nitrogens with zero attached hydrogens (tertiary/aromatic N) is 2. The topological polar surface area (TPSA) is 73.2 Å². The molecule has 0 bridgehead atoms. The van der Waals surface area contributed by atoms with Crippen LogP contribution >= 0.6 is 0 Å². The summed E-state index contributed by atoms with van der Waals surface area (Å²) in [4.78, 5) is 24.4. The molecule has 28 heavy (non-hydrogen) atoms. The number of para-hydroxylation sites is 1. The van der Waals surface area contributed by atoms with E-state index < -0.39 is 0 Å². The molecule has 1 aromatic heterocycles. The summed E-state index contributed by atoms with van der Waals surface area (Å²) < 4.78 is 6.77. The second-order valence-electron chi connectivity index (χ2n) is 6.54. The van der Waals surface area contributed by atoms with E-state index in [0.29, 0.717) is 5.69 Å². The Morgan fingerprint density at radius 1 is 1.07 bits per heavy atom. The van der Waals surface area contributed by atoms with E-state index in [4.69, 9.17) is 4.74 Å². The molecule has 2 aromatic carbocycles. The Bertz CT molecular complexity index is 1060. The molecule has 0 saturated carbocycles. The first-order valence-electron chi connectivity index (χ1n) is 9.16. The van der Waals surface area contributed by atoms with Crippen LogP contribution in [0, 0.1) is 13.8 Å². The van der Waals surface area contributed by atoms with Crippen molar-refractivity contribution in [3.63, 3.8) is 0 Å². The molecule has 0 aliphatic rings. The van der Waals surface area contributed by atoms with Crippen LogP contribution in [0.25, 0.3) is 5.69 Å². The molecule has 1 N–H and O–H groups in total. The number of amides is 1. The van der Waals surface area contributed by atoms with Crippen LogP contribution < -0.4 is 15.6 Å². The predicted octanol–water partition coefficient (Wildman–Crippen LogP) is 3.43. The van der Waals surface area contributed by atoms with Crippen molar-refractivity contribution in [1.82, 2.24) is 9.78 Å². The minimum atomic E-state index is -0.286. The number of rotatable bonds is 6. The Labute approximate surface area is 163 Å². The monoisotopic (exact) mass is 377 g/mol. The molecule has 6 heteroatoms. The number of anilines is 1. The van der Waals surface area contributed by atoms with E-state index in [1.807, 2.05) is 63.2 Å². The molecule has 1 amide bonds. The van der Waals surface area contributed by atoms with Gasteiger partial charge in [0.15, 0.2) is 6.61 Å². The van der Waals surface area contributed by atoms with Crippen molar-refractivity contribution >= 4 is 11.6 Å². The normalized spacial score (nSPS) is 10.5. The zero-order valence-electron chi connectivity index (χ0n) is 16.2. The number of nitrogens with one attached hydrogen (secondary N) is 1. The van der Waals surface area contributed by atoms with Gasteiger partial charge < -0.3 is 10.1 Å². The van der Waals surface area contributed by atoms with Gasteiger partial charge in [-0.05, 0) is 55.2 Å². The van der Waals surface area contributed by atoms with Crippen molar-refractivity contribution in [2.75, 3.05) is 11.9 Å². The molecule has 1 heterocycles. The van der Waals surface area contributed by atoms with Gasteiger partial charge in [-0.15, -0.1) is 5.10 Å². The second-order valence-corrected chi connectivity index (χ2v) is 6.54.